The minimum atomic E-state index is 0.475. The van der Waals surface area contributed by atoms with Gasteiger partial charge in [-0.25, -0.2) is 0 Å². The molecule has 0 N–H and O–H groups in total. The van der Waals surface area contributed by atoms with E-state index in [0.717, 1.165) is 49.2 Å². The number of alkyl halides is 1. The number of unbranched alkanes of at least 4 members (excludes halogenated alkanes) is 5. The second-order valence-corrected chi connectivity index (χ2v) is 12.9. The molecule has 194 valence electrons. The van der Waals surface area contributed by atoms with E-state index in [1.165, 1.54) is 77.0 Å². The molecular formula is C29H59BrO2. The van der Waals surface area contributed by atoms with E-state index in [0.29, 0.717) is 11.6 Å². The van der Waals surface area contributed by atoms with Crippen molar-refractivity contribution in [3.05, 3.63) is 0 Å². The Morgan fingerprint density at radius 3 is 1.50 bits per heavy atom. The average molecular weight is 520 g/mol. The molecule has 2 nitrogen and oxygen atoms in total. The van der Waals surface area contributed by atoms with Crippen LogP contribution < -0.4 is 0 Å². The summed E-state index contributed by atoms with van der Waals surface area (Å²) in [5, 5.41) is 0. The van der Waals surface area contributed by atoms with Crippen LogP contribution in [-0.4, -0.2) is 24.8 Å². The Labute approximate surface area is 211 Å². The fraction of sp³-hybridized carbons (Fsp3) is 1.00. The highest BCUT2D eigenvalue weighted by molar-refractivity contribution is 9.09. The van der Waals surface area contributed by atoms with Crippen molar-refractivity contribution >= 4 is 15.9 Å². The van der Waals surface area contributed by atoms with Gasteiger partial charge in [0.1, 0.15) is 6.79 Å². The monoisotopic (exact) mass is 518 g/mol. The van der Waals surface area contributed by atoms with E-state index in [2.05, 4.69) is 64.4 Å². The van der Waals surface area contributed by atoms with Crippen molar-refractivity contribution in [1.82, 2.24) is 0 Å². The highest BCUT2D eigenvalue weighted by atomic mass is 79.9. The van der Waals surface area contributed by atoms with Crippen LogP contribution in [0.1, 0.15) is 132 Å². The largest absolute Gasteiger partial charge is 0.355 e. The van der Waals surface area contributed by atoms with Crippen molar-refractivity contribution in [2.45, 2.75) is 137 Å². The predicted octanol–water partition coefficient (Wildman–Crippen LogP) is 10.0. The molecule has 0 amide bonds. The molecule has 0 aliphatic heterocycles. The third-order valence-electron chi connectivity index (χ3n) is 6.74. The highest BCUT2D eigenvalue weighted by Crippen LogP contribution is 2.29. The fourth-order valence-electron chi connectivity index (χ4n) is 5.50. The average Bonchev–Trinajstić information content (AvgIpc) is 2.67. The molecule has 6 atom stereocenters. The smallest absolute Gasteiger partial charge is 0.146 e. The van der Waals surface area contributed by atoms with Crippen molar-refractivity contribution in [3.8, 4) is 0 Å². The van der Waals surface area contributed by atoms with Crippen LogP contribution in [0.15, 0.2) is 0 Å². The SMILES string of the molecule is CCCCCCCCOCOCCCC(C)CC(C)CC(C)CC(C)CC(C)CC(C)Br. The molecule has 3 heteroatoms. The second kappa shape index (κ2) is 21.9. The lowest BCUT2D eigenvalue weighted by atomic mass is 9.82. The summed E-state index contributed by atoms with van der Waals surface area (Å²) < 4.78 is 11.3. The van der Waals surface area contributed by atoms with Crippen molar-refractivity contribution in [2.24, 2.45) is 29.6 Å². The van der Waals surface area contributed by atoms with Crippen molar-refractivity contribution in [3.63, 3.8) is 0 Å². The van der Waals surface area contributed by atoms with Gasteiger partial charge in [-0.05, 0) is 81.0 Å². The van der Waals surface area contributed by atoms with Gasteiger partial charge in [-0.3, -0.25) is 0 Å². The van der Waals surface area contributed by atoms with Crippen LogP contribution in [0.25, 0.3) is 0 Å². The maximum absolute atomic E-state index is 5.67. The lowest BCUT2D eigenvalue weighted by molar-refractivity contribution is -0.0561. The molecule has 6 unspecified atom stereocenters. The zero-order chi connectivity index (χ0) is 24.2. The van der Waals surface area contributed by atoms with Crippen LogP contribution in [0.3, 0.4) is 0 Å². The van der Waals surface area contributed by atoms with Gasteiger partial charge in [0.15, 0.2) is 0 Å². The van der Waals surface area contributed by atoms with E-state index in [1.54, 1.807) is 0 Å². The van der Waals surface area contributed by atoms with Crippen LogP contribution in [0.2, 0.25) is 0 Å². The molecule has 32 heavy (non-hydrogen) atoms. The van der Waals surface area contributed by atoms with Crippen molar-refractivity contribution in [1.29, 1.82) is 0 Å². The third-order valence-corrected chi connectivity index (χ3v) is 7.11. The topological polar surface area (TPSA) is 18.5 Å². The zero-order valence-corrected chi connectivity index (χ0v) is 24.6. The van der Waals surface area contributed by atoms with Gasteiger partial charge < -0.3 is 9.47 Å². The minimum Gasteiger partial charge on any atom is -0.355 e. The van der Waals surface area contributed by atoms with Gasteiger partial charge in [0.25, 0.3) is 0 Å². The molecular weight excluding hydrogens is 460 g/mol. The maximum Gasteiger partial charge on any atom is 0.146 e. The molecule has 0 saturated carbocycles. The van der Waals surface area contributed by atoms with E-state index in [1.807, 2.05) is 0 Å². The van der Waals surface area contributed by atoms with Crippen LogP contribution >= 0.6 is 15.9 Å². The molecule has 0 aromatic heterocycles. The van der Waals surface area contributed by atoms with E-state index in [9.17, 15) is 0 Å². The Morgan fingerprint density at radius 1 is 0.531 bits per heavy atom. The van der Waals surface area contributed by atoms with Gasteiger partial charge in [0.05, 0.1) is 0 Å². The third kappa shape index (κ3) is 22.2. The molecule has 0 heterocycles. The van der Waals surface area contributed by atoms with Crippen molar-refractivity contribution in [2.75, 3.05) is 20.0 Å². The molecule has 0 saturated heterocycles. The summed E-state index contributed by atoms with van der Waals surface area (Å²) in [5.74, 6) is 4.13. The van der Waals surface area contributed by atoms with Crippen molar-refractivity contribution < 1.29 is 9.47 Å². The minimum absolute atomic E-state index is 0.475. The molecule has 0 aliphatic rings. The summed E-state index contributed by atoms with van der Waals surface area (Å²) >= 11 is 3.70. The van der Waals surface area contributed by atoms with E-state index in [4.69, 9.17) is 9.47 Å². The Balaban J connectivity index is 3.65. The summed E-state index contributed by atoms with van der Waals surface area (Å²) in [6, 6.07) is 0. The van der Waals surface area contributed by atoms with Gasteiger partial charge in [-0.15, -0.1) is 0 Å². The second-order valence-electron chi connectivity index (χ2n) is 11.3. The van der Waals surface area contributed by atoms with Crippen LogP contribution in [0, 0.1) is 29.6 Å². The maximum atomic E-state index is 5.67. The number of ether oxygens (including phenoxy) is 2. The molecule has 0 aromatic rings. The lowest BCUT2D eigenvalue weighted by Crippen LogP contribution is -2.13. The first-order chi connectivity index (χ1) is 15.2. The molecule has 0 spiro atoms. The summed E-state index contributed by atoms with van der Waals surface area (Å²) in [7, 11) is 0. The van der Waals surface area contributed by atoms with Gasteiger partial charge in [-0.2, -0.15) is 0 Å². The number of hydrogen-bond donors (Lipinski definition) is 0. The zero-order valence-electron chi connectivity index (χ0n) is 23.0. The standard InChI is InChI=1S/C29H59BrO2/c1-8-9-10-11-12-13-16-31-23-32-17-14-15-24(2)18-25(3)19-26(4)20-27(5)21-28(6)22-29(7)30/h24-29H,8-23H2,1-7H3. The van der Waals surface area contributed by atoms with E-state index >= 15 is 0 Å². The Bertz CT molecular complexity index is 387. The van der Waals surface area contributed by atoms with E-state index < -0.39 is 0 Å². The Kier molecular flexibility index (Phi) is 22.2. The van der Waals surface area contributed by atoms with Gasteiger partial charge in [0, 0.05) is 18.0 Å². The molecule has 0 fully saturated rings. The predicted molar refractivity (Wildman–Crippen MR) is 147 cm³/mol. The quantitative estimate of drug-likeness (QED) is 0.0759. The van der Waals surface area contributed by atoms with Crippen LogP contribution in [-0.2, 0) is 9.47 Å². The molecule has 0 aliphatic carbocycles. The summed E-state index contributed by atoms with van der Waals surface area (Å²) in [4.78, 5) is 0.645. The van der Waals surface area contributed by atoms with Gasteiger partial charge in [0.2, 0.25) is 0 Å². The number of rotatable bonds is 23. The highest BCUT2D eigenvalue weighted by Gasteiger charge is 2.17. The first-order valence-corrected chi connectivity index (χ1v) is 15.0. The van der Waals surface area contributed by atoms with Gasteiger partial charge in [-0.1, -0.05) is 96.5 Å². The normalized spacial score (nSPS) is 17.6. The lowest BCUT2D eigenvalue weighted by Gasteiger charge is -2.24. The first-order valence-electron chi connectivity index (χ1n) is 14.0. The van der Waals surface area contributed by atoms with Crippen LogP contribution in [0.5, 0.6) is 0 Å². The van der Waals surface area contributed by atoms with E-state index in [-0.39, 0.29) is 0 Å². The Hall–Kier alpha value is 0.400. The first kappa shape index (κ1) is 32.4. The number of hydrogen-bond acceptors (Lipinski definition) is 2. The summed E-state index contributed by atoms with van der Waals surface area (Å²) in [5.41, 5.74) is 0. The van der Waals surface area contributed by atoms with Crippen LogP contribution in [0.4, 0.5) is 0 Å². The molecule has 0 bridgehead atoms. The molecule has 0 rings (SSSR count). The Morgan fingerprint density at radius 2 is 0.969 bits per heavy atom. The molecule has 0 radical (unpaired) electrons. The number of halogens is 1. The van der Waals surface area contributed by atoms with Gasteiger partial charge >= 0.3 is 0 Å². The fourth-order valence-corrected chi connectivity index (χ4v) is 6.14. The summed E-state index contributed by atoms with van der Waals surface area (Å²) in [6.45, 7) is 18.9. The molecule has 0 aromatic carbocycles. The summed E-state index contributed by atoms with van der Waals surface area (Å²) in [6.07, 6.45) is 17.1.